The Labute approximate surface area is 123 Å². The summed E-state index contributed by atoms with van der Waals surface area (Å²) in [5.41, 5.74) is 1.59. The van der Waals surface area contributed by atoms with Gasteiger partial charge in [0.25, 0.3) is 0 Å². The zero-order valence-corrected chi connectivity index (χ0v) is 12.7. The summed E-state index contributed by atoms with van der Waals surface area (Å²) in [6.07, 6.45) is 0. The topological polar surface area (TPSA) is 58.6 Å². The van der Waals surface area contributed by atoms with Crippen molar-refractivity contribution in [1.82, 2.24) is 4.90 Å². The van der Waals surface area contributed by atoms with E-state index in [1.165, 1.54) is 7.11 Å². The number of carbonyl (C=O) groups excluding carboxylic acids is 2. The summed E-state index contributed by atoms with van der Waals surface area (Å²) in [4.78, 5) is 24.8. The van der Waals surface area contributed by atoms with Crippen molar-refractivity contribution >= 4 is 29.2 Å². The van der Waals surface area contributed by atoms with Gasteiger partial charge in [-0.2, -0.15) is 0 Å². The Morgan fingerprint density at radius 2 is 2.05 bits per heavy atom. The smallest absolute Gasteiger partial charge is 0.319 e. The number of likely N-dealkylation sites (N-methyl/N-ethyl adjacent to an activating group) is 1. The maximum atomic E-state index is 11.9. The summed E-state index contributed by atoms with van der Waals surface area (Å²) in [5.74, 6) is -0.588. The first-order valence-electron chi connectivity index (χ1n) is 6.31. The molecule has 0 aromatic heterocycles. The highest BCUT2D eigenvalue weighted by Gasteiger charge is 2.14. The first-order chi connectivity index (χ1) is 9.46. The van der Waals surface area contributed by atoms with Crippen LogP contribution >= 0.6 is 11.6 Å². The molecular formula is C14H19ClN2O3. The maximum absolute atomic E-state index is 11.9. The Morgan fingerprint density at radius 1 is 1.35 bits per heavy atom. The lowest BCUT2D eigenvalue weighted by Gasteiger charge is -2.18. The molecule has 1 aromatic rings. The largest absolute Gasteiger partial charge is 0.468 e. The molecule has 110 valence electrons. The van der Waals surface area contributed by atoms with E-state index in [2.05, 4.69) is 10.1 Å². The summed E-state index contributed by atoms with van der Waals surface area (Å²) < 4.78 is 4.58. The van der Waals surface area contributed by atoms with Crippen LogP contribution in [0, 0.1) is 6.92 Å². The number of halogens is 1. The van der Waals surface area contributed by atoms with E-state index >= 15 is 0 Å². The van der Waals surface area contributed by atoms with E-state index in [0.717, 1.165) is 5.56 Å². The van der Waals surface area contributed by atoms with Crippen LogP contribution in [0.5, 0.6) is 0 Å². The summed E-state index contributed by atoms with van der Waals surface area (Å²) in [7, 11) is 1.32. The number of amides is 1. The van der Waals surface area contributed by atoms with Crippen LogP contribution in [0.1, 0.15) is 12.5 Å². The number of ether oxygens (including phenoxy) is 1. The van der Waals surface area contributed by atoms with Crippen LogP contribution in [-0.4, -0.2) is 43.5 Å². The van der Waals surface area contributed by atoms with E-state index in [1.807, 2.05) is 19.9 Å². The van der Waals surface area contributed by atoms with Gasteiger partial charge in [-0.1, -0.05) is 24.6 Å². The number of hydrogen-bond donors (Lipinski definition) is 1. The number of carbonyl (C=O) groups is 2. The van der Waals surface area contributed by atoms with Crippen LogP contribution in [-0.2, 0) is 14.3 Å². The summed E-state index contributed by atoms with van der Waals surface area (Å²) >= 11 is 6.05. The minimum absolute atomic E-state index is 0.0854. The lowest BCUT2D eigenvalue weighted by molar-refractivity contribution is -0.142. The summed E-state index contributed by atoms with van der Waals surface area (Å²) in [6, 6.07) is 5.41. The minimum Gasteiger partial charge on any atom is -0.468 e. The molecule has 0 radical (unpaired) electrons. The van der Waals surface area contributed by atoms with Crippen molar-refractivity contribution in [2.75, 3.05) is 32.1 Å². The molecule has 0 unspecified atom stereocenters. The van der Waals surface area contributed by atoms with Gasteiger partial charge in [0.2, 0.25) is 5.91 Å². The SMILES string of the molecule is CCN(CC(=O)Nc1ccc(C)cc1Cl)CC(=O)OC. The van der Waals surface area contributed by atoms with E-state index in [4.69, 9.17) is 11.6 Å². The van der Waals surface area contributed by atoms with Crippen molar-refractivity contribution in [1.29, 1.82) is 0 Å². The number of benzene rings is 1. The van der Waals surface area contributed by atoms with Gasteiger partial charge >= 0.3 is 5.97 Å². The van der Waals surface area contributed by atoms with Gasteiger partial charge in [-0.05, 0) is 31.2 Å². The third kappa shape index (κ3) is 5.19. The van der Waals surface area contributed by atoms with Crippen molar-refractivity contribution in [2.24, 2.45) is 0 Å². The monoisotopic (exact) mass is 298 g/mol. The van der Waals surface area contributed by atoms with Crippen LogP contribution in [0.3, 0.4) is 0 Å². The number of nitrogens with one attached hydrogen (secondary N) is 1. The van der Waals surface area contributed by atoms with E-state index in [-0.39, 0.29) is 25.0 Å². The van der Waals surface area contributed by atoms with E-state index in [0.29, 0.717) is 17.3 Å². The third-order valence-corrected chi connectivity index (χ3v) is 3.11. The second kappa shape index (κ2) is 7.87. The molecule has 0 bridgehead atoms. The Bertz CT molecular complexity index is 491. The van der Waals surface area contributed by atoms with Gasteiger partial charge < -0.3 is 10.1 Å². The van der Waals surface area contributed by atoms with Gasteiger partial charge in [0, 0.05) is 0 Å². The molecule has 0 atom stereocenters. The van der Waals surface area contributed by atoms with Crippen LogP contribution in [0.2, 0.25) is 5.02 Å². The third-order valence-electron chi connectivity index (χ3n) is 2.79. The molecule has 0 aliphatic rings. The number of rotatable bonds is 6. The average molecular weight is 299 g/mol. The average Bonchev–Trinajstić information content (AvgIpc) is 2.41. The van der Waals surface area contributed by atoms with Crippen LogP contribution in [0.15, 0.2) is 18.2 Å². The second-order valence-corrected chi connectivity index (χ2v) is 4.82. The molecular weight excluding hydrogens is 280 g/mol. The molecule has 0 aliphatic carbocycles. The molecule has 0 fully saturated rings. The Hall–Kier alpha value is -1.59. The number of hydrogen-bond acceptors (Lipinski definition) is 4. The van der Waals surface area contributed by atoms with Crippen molar-refractivity contribution in [3.05, 3.63) is 28.8 Å². The van der Waals surface area contributed by atoms with Gasteiger partial charge in [0.1, 0.15) is 0 Å². The molecule has 0 spiro atoms. The molecule has 1 N–H and O–H groups in total. The predicted molar refractivity (Wildman–Crippen MR) is 78.9 cm³/mol. The molecule has 0 saturated carbocycles. The van der Waals surface area contributed by atoms with Crippen molar-refractivity contribution in [2.45, 2.75) is 13.8 Å². The normalized spacial score (nSPS) is 10.4. The highest BCUT2D eigenvalue weighted by Crippen LogP contribution is 2.22. The molecule has 20 heavy (non-hydrogen) atoms. The van der Waals surface area contributed by atoms with Gasteiger partial charge in [-0.15, -0.1) is 0 Å². The van der Waals surface area contributed by atoms with Gasteiger partial charge in [-0.25, -0.2) is 0 Å². The first kappa shape index (κ1) is 16.5. The number of aryl methyl sites for hydroxylation is 1. The molecule has 0 aliphatic heterocycles. The number of esters is 1. The Kier molecular flexibility index (Phi) is 6.48. The molecule has 6 heteroatoms. The lowest BCUT2D eigenvalue weighted by atomic mass is 10.2. The zero-order valence-electron chi connectivity index (χ0n) is 11.9. The first-order valence-corrected chi connectivity index (χ1v) is 6.69. The summed E-state index contributed by atoms with van der Waals surface area (Å²) in [6.45, 7) is 4.56. The highest BCUT2D eigenvalue weighted by molar-refractivity contribution is 6.33. The van der Waals surface area contributed by atoms with Crippen molar-refractivity contribution in [3.8, 4) is 0 Å². The quantitative estimate of drug-likeness (QED) is 0.817. The number of nitrogens with zero attached hydrogens (tertiary/aromatic N) is 1. The second-order valence-electron chi connectivity index (χ2n) is 4.41. The fraction of sp³-hybridized carbons (Fsp3) is 0.429. The van der Waals surface area contributed by atoms with Crippen LogP contribution < -0.4 is 5.32 Å². The molecule has 1 aromatic carbocycles. The molecule has 0 heterocycles. The summed E-state index contributed by atoms with van der Waals surface area (Å²) in [5, 5.41) is 3.22. The molecule has 1 amide bonds. The zero-order chi connectivity index (χ0) is 15.1. The van der Waals surface area contributed by atoms with Crippen molar-refractivity contribution in [3.63, 3.8) is 0 Å². The van der Waals surface area contributed by atoms with E-state index < -0.39 is 0 Å². The number of anilines is 1. The molecule has 5 nitrogen and oxygen atoms in total. The molecule has 0 saturated heterocycles. The predicted octanol–water partition coefficient (Wildman–Crippen LogP) is 2.08. The Balaban J connectivity index is 2.59. The van der Waals surface area contributed by atoms with Gasteiger partial charge in [0.05, 0.1) is 30.9 Å². The lowest BCUT2D eigenvalue weighted by Crippen LogP contribution is -2.37. The highest BCUT2D eigenvalue weighted by atomic mass is 35.5. The van der Waals surface area contributed by atoms with Gasteiger partial charge in [0.15, 0.2) is 0 Å². The Morgan fingerprint density at radius 3 is 2.60 bits per heavy atom. The van der Waals surface area contributed by atoms with E-state index in [9.17, 15) is 9.59 Å². The van der Waals surface area contributed by atoms with Crippen molar-refractivity contribution < 1.29 is 14.3 Å². The van der Waals surface area contributed by atoms with Crippen LogP contribution in [0.4, 0.5) is 5.69 Å². The standard InChI is InChI=1S/C14H19ClN2O3/c1-4-17(9-14(19)20-3)8-13(18)16-12-6-5-10(2)7-11(12)15/h5-7H,4,8-9H2,1-3H3,(H,16,18). The van der Waals surface area contributed by atoms with E-state index in [1.54, 1.807) is 17.0 Å². The van der Waals surface area contributed by atoms with Crippen LogP contribution in [0.25, 0.3) is 0 Å². The van der Waals surface area contributed by atoms with Gasteiger partial charge in [-0.3, -0.25) is 14.5 Å². The fourth-order valence-electron chi connectivity index (χ4n) is 1.64. The minimum atomic E-state index is -0.368. The molecule has 1 rings (SSSR count). The fourth-order valence-corrected chi connectivity index (χ4v) is 1.92. The number of methoxy groups -OCH3 is 1. The maximum Gasteiger partial charge on any atom is 0.319 e.